The summed E-state index contributed by atoms with van der Waals surface area (Å²) in [6.07, 6.45) is 1.79. The summed E-state index contributed by atoms with van der Waals surface area (Å²) in [6.45, 7) is 3.22. The maximum absolute atomic E-state index is 12.9. The minimum absolute atomic E-state index is 0.0798. The monoisotopic (exact) mass is 502 g/mol. The third-order valence-electron chi connectivity index (χ3n) is 4.34. The van der Waals surface area contributed by atoms with Gasteiger partial charge in [-0.25, -0.2) is 9.78 Å². The smallest absolute Gasteiger partial charge is 0.344 e. The number of halogens is 1. The van der Waals surface area contributed by atoms with Crippen LogP contribution in [0.1, 0.15) is 25.2 Å². The van der Waals surface area contributed by atoms with Crippen molar-refractivity contribution in [3.8, 4) is 5.75 Å². The van der Waals surface area contributed by atoms with Gasteiger partial charge in [-0.3, -0.25) is 14.9 Å². The number of carbonyl (C=O) groups excluding carboxylic acids is 1. The van der Waals surface area contributed by atoms with Gasteiger partial charge in [-0.05, 0) is 37.3 Å². The van der Waals surface area contributed by atoms with Crippen LogP contribution in [0.15, 0.2) is 50.8 Å². The highest BCUT2D eigenvalue weighted by Crippen LogP contribution is 2.27. The average molecular weight is 503 g/mol. The van der Waals surface area contributed by atoms with Crippen molar-refractivity contribution in [3.05, 3.63) is 72.7 Å². The van der Waals surface area contributed by atoms with Crippen LogP contribution in [0.3, 0.4) is 0 Å². The van der Waals surface area contributed by atoms with Crippen LogP contribution in [-0.4, -0.2) is 40.0 Å². The van der Waals surface area contributed by atoms with Crippen LogP contribution in [0, 0.1) is 10.1 Å². The Labute approximate surface area is 190 Å². The molecule has 0 saturated carbocycles. The number of rotatable bonds is 8. The molecule has 0 radical (unpaired) electrons. The van der Waals surface area contributed by atoms with E-state index in [1.165, 1.54) is 29.1 Å². The van der Waals surface area contributed by atoms with E-state index in [-0.39, 0.29) is 23.6 Å². The molecule has 0 aliphatic rings. The summed E-state index contributed by atoms with van der Waals surface area (Å²) in [4.78, 5) is 39.7. The molecule has 0 aliphatic carbocycles. The highest BCUT2D eigenvalue weighted by Gasteiger charge is 2.17. The summed E-state index contributed by atoms with van der Waals surface area (Å²) in [5, 5.41) is 16.1. The van der Waals surface area contributed by atoms with Gasteiger partial charge in [-0.1, -0.05) is 22.9 Å². The van der Waals surface area contributed by atoms with E-state index in [1.54, 1.807) is 25.1 Å². The standard InChI is InChI=1S/C21H19BrN4O6/c1-3-19-24-16-7-6-14(22)10-15(16)21(28)25(19)23-11-13-5-8-18(17(9-13)26(29)30)32-12-20(27)31-4-2/h5-11H,3-4,12H2,1-2H3. The Morgan fingerprint density at radius 1 is 1.28 bits per heavy atom. The van der Waals surface area contributed by atoms with E-state index in [2.05, 4.69) is 26.0 Å². The summed E-state index contributed by atoms with van der Waals surface area (Å²) in [5.41, 5.74) is 0.221. The third kappa shape index (κ3) is 5.17. The molecule has 2 aromatic carbocycles. The fourth-order valence-electron chi connectivity index (χ4n) is 2.89. The number of aryl methyl sites for hydroxylation is 1. The minimum atomic E-state index is -0.630. The van der Waals surface area contributed by atoms with E-state index >= 15 is 0 Å². The van der Waals surface area contributed by atoms with Gasteiger partial charge < -0.3 is 9.47 Å². The Kier molecular flexibility index (Phi) is 7.31. The molecule has 11 heteroatoms. The van der Waals surface area contributed by atoms with Crippen LogP contribution in [0.5, 0.6) is 5.75 Å². The van der Waals surface area contributed by atoms with Crippen LogP contribution < -0.4 is 10.3 Å². The molecule has 32 heavy (non-hydrogen) atoms. The van der Waals surface area contributed by atoms with Gasteiger partial charge in [0.2, 0.25) is 0 Å². The topological polar surface area (TPSA) is 126 Å². The second-order valence-electron chi connectivity index (χ2n) is 6.48. The second kappa shape index (κ2) is 10.1. The van der Waals surface area contributed by atoms with E-state index in [9.17, 15) is 19.7 Å². The van der Waals surface area contributed by atoms with Crippen LogP contribution >= 0.6 is 15.9 Å². The predicted octanol–water partition coefficient (Wildman–Crippen LogP) is 3.45. The van der Waals surface area contributed by atoms with E-state index in [1.807, 2.05) is 6.92 Å². The average Bonchev–Trinajstić information content (AvgIpc) is 2.77. The number of hydrogen-bond donors (Lipinski definition) is 0. The molecule has 0 unspecified atom stereocenters. The molecule has 3 rings (SSSR count). The van der Waals surface area contributed by atoms with Crippen LogP contribution in [0.4, 0.5) is 5.69 Å². The van der Waals surface area contributed by atoms with Gasteiger partial charge >= 0.3 is 11.7 Å². The van der Waals surface area contributed by atoms with E-state index < -0.39 is 17.5 Å². The molecular weight excluding hydrogens is 484 g/mol. The quantitative estimate of drug-likeness (QED) is 0.200. The van der Waals surface area contributed by atoms with Crippen LogP contribution in [0.2, 0.25) is 0 Å². The van der Waals surface area contributed by atoms with Gasteiger partial charge in [0.1, 0.15) is 5.82 Å². The Hall–Kier alpha value is -3.60. The largest absolute Gasteiger partial charge is 0.475 e. The van der Waals surface area contributed by atoms with Crippen molar-refractivity contribution in [1.82, 2.24) is 9.66 Å². The molecular formula is C21H19BrN4O6. The first-order valence-corrected chi connectivity index (χ1v) is 10.5. The highest BCUT2D eigenvalue weighted by atomic mass is 79.9. The molecule has 10 nitrogen and oxygen atoms in total. The van der Waals surface area contributed by atoms with Gasteiger partial charge in [0, 0.05) is 22.5 Å². The summed E-state index contributed by atoms with van der Waals surface area (Å²) in [5.74, 6) is -0.261. The Balaban J connectivity index is 1.95. The van der Waals surface area contributed by atoms with Crippen LogP contribution in [-0.2, 0) is 16.0 Å². The maximum Gasteiger partial charge on any atom is 0.344 e. The van der Waals surface area contributed by atoms with E-state index in [4.69, 9.17) is 9.47 Å². The van der Waals surface area contributed by atoms with Gasteiger partial charge in [0.05, 0.1) is 28.6 Å². The summed E-state index contributed by atoms with van der Waals surface area (Å²) in [6, 6.07) is 9.33. The minimum Gasteiger partial charge on any atom is -0.475 e. The van der Waals surface area contributed by atoms with Crippen molar-refractivity contribution < 1.29 is 19.2 Å². The molecule has 0 fully saturated rings. The fraction of sp³-hybridized carbons (Fsp3) is 0.238. The molecule has 0 N–H and O–H groups in total. The zero-order chi connectivity index (χ0) is 23.3. The lowest BCUT2D eigenvalue weighted by atomic mass is 10.2. The lowest BCUT2D eigenvalue weighted by molar-refractivity contribution is -0.385. The fourth-order valence-corrected chi connectivity index (χ4v) is 3.25. The van der Waals surface area contributed by atoms with Crippen molar-refractivity contribution in [1.29, 1.82) is 0 Å². The van der Waals surface area contributed by atoms with Crippen molar-refractivity contribution in [2.45, 2.75) is 20.3 Å². The Bertz CT molecular complexity index is 1270. The first-order valence-electron chi connectivity index (χ1n) is 9.66. The second-order valence-corrected chi connectivity index (χ2v) is 7.40. The molecule has 0 atom stereocenters. The molecule has 3 aromatic rings. The maximum atomic E-state index is 12.9. The highest BCUT2D eigenvalue weighted by molar-refractivity contribution is 9.10. The van der Waals surface area contributed by atoms with Gasteiger partial charge in [-0.2, -0.15) is 9.78 Å². The number of esters is 1. The lowest BCUT2D eigenvalue weighted by Gasteiger charge is -2.08. The number of carbonyl (C=O) groups is 1. The number of fused-ring (bicyclic) bond motifs is 1. The van der Waals surface area contributed by atoms with Gasteiger partial charge in [0.25, 0.3) is 5.56 Å². The number of benzene rings is 2. The number of nitrogens with zero attached hydrogens (tertiary/aromatic N) is 4. The van der Waals surface area contributed by atoms with Gasteiger partial charge in [-0.15, -0.1) is 0 Å². The van der Waals surface area contributed by atoms with Crippen molar-refractivity contribution in [2.75, 3.05) is 13.2 Å². The lowest BCUT2D eigenvalue weighted by Crippen LogP contribution is -2.22. The summed E-state index contributed by atoms with van der Waals surface area (Å²) >= 11 is 3.34. The molecule has 0 saturated heterocycles. The number of ether oxygens (including phenoxy) is 2. The molecule has 1 aromatic heterocycles. The summed E-state index contributed by atoms with van der Waals surface area (Å²) in [7, 11) is 0. The molecule has 0 aliphatic heterocycles. The first-order chi connectivity index (χ1) is 15.3. The molecule has 0 amide bonds. The van der Waals surface area contributed by atoms with Crippen molar-refractivity contribution >= 4 is 44.7 Å². The normalized spacial score (nSPS) is 11.1. The van der Waals surface area contributed by atoms with E-state index in [0.717, 1.165) is 4.47 Å². The van der Waals surface area contributed by atoms with E-state index in [0.29, 0.717) is 28.7 Å². The van der Waals surface area contributed by atoms with Gasteiger partial charge in [0.15, 0.2) is 12.4 Å². The first kappa shape index (κ1) is 23.1. The summed E-state index contributed by atoms with van der Waals surface area (Å²) < 4.78 is 11.9. The van der Waals surface area contributed by atoms with Crippen molar-refractivity contribution in [3.63, 3.8) is 0 Å². The zero-order valence-electron chi connectivity index (χ0n) is 17.3. The number of nitro groups is 1. The molecule has 0 spiro atoms. The third-order valence-corrected chi connectivity index (χ3v) is 4.84. The predicted molar refractivity (Wildman–Crippen MR) is 121 cm³/mol. The SMILES string of the molecule is CCOC(=O)COc1ccc(C=Nn2c(CC)nc3ccc(Br)cc3c2=O)cc1[N+](=O)[O-]. The van der Waals surface area contributed by atoms with Crippen LogP contribution in [0.25, 0.3) is 10.9 Å². The zero-order valence-corrected chi connectivity index (χ0v) is 18.9. The number of hydrogen-bond acceptors (Lipinski definition) is 8. The van der Waals surface area contributed by atoms with Crippen molar-refractivity contribution in [2.24, 2.45) is 5.10 Å². The Morgan fingerprint density at radius 3 is 2.75 bits per heavy atom. The molecule has 1 heterocycles. The Morgan fingerprint density at radius 2 is 2.06 bits per heavy atom. The number of nitro benzene ring substituents is 1. The molecule has 166 valence electrons. The molecule has 0 bridgehead atoms. The number of aromatic nitrogens is 2.